The van der Waals surface area contributed by atoms with Crippen LogP contribution in [0.2, 0.25) is 0 Å². The third kappa shape index (κ3) is 2.65. The zero-order valence-electron chi connectivity index (χ0n) is 14.0. The Balaban J connectivity index is 1.96. The van der Waals surface area contributed by atoms with Crippen LogP contribution in [0.3, 0.4) is 0 Å². The molecule has 2 aliphatic heterocycles. The molecule has 0 saturated carbocycles. The molecular formula is C17H23N5O. The fraction of sp³-hybridized carbons (Fsp3) is 0.647. The van der Waals surface area contributed by atoms with Crippen molar-refractivity contribution in [2.45, 2.75) is 58.5 Å². The summed E-state index contributed by atoms with van der Waals surface area (Å²) in [5.41, 5.74) is 2.32. The van der Waals surface area contributed by atoms with Crippen LogP contribution in [-0.2, 0) is 4.79 Å². The van der Waals surface area contributed by atoms with E-state index in [1.807, 2.05) is 18.7 Å². The fourth-order valence-corrected chi connectivity index (χ4v) is 3.97. The molecule has 1 aromatic heterocycles. The lowest BCUT2D eigenvalue weighted by atomic mass is 10.0. The molecule has 0 radical (unpaired) electrons. The minimum atomic E-state index is 0.144. The zero-order valence-corrected chi connectivity index (χ0v) is 14.0. The molecule has 0 unspecified atom stereocenters. The number of aromatic nitrogens is 2. The predicted octanol–water partition coefficient (Wildman–Crippen LogP) is 1.94. The highest BCUT2D eigenvalue weighted by atomic mass is 16.2. The van der Waals surface area contributed by atoms with Gasteiger partial charge in [-0.2, -0.15) is 10.4 Å². The van der Waals surface area contributed by atoms with E-state index in [1.165, 1.54) is 0 Å². The van der Waals surface area contributed by atoms with Gasteiger partial charge in [-0.05, 0) is 45.1 Å². The Hall–Kier alpha value is -2.16. The predicted molar refractivity (Wildman–Crippen MR) is 87.0 cm³/mol. The Morgan fingerprint density at radius 3 is 2.57 bits per heavy atom. The first-order valence-electron chi connectivity index (χ1n) is 8.32. The first kappa shape index (κ1) is 15.7. The van der Waals surface area contributed by atoms with Gasteiger partial charge in [0.1, 0.15) is 11.6 Å². The molecule has 0 N–H and O–H groups in total. The smallest absolute Gasteiger partial charge is 0.219 e. The topological polar surface area (TPSA) is 73.1 Å². The van der Waals surface area contributed by atoms with Crippen molar-refractivity contribution in [2.75, 3.05) is 18.0 Å². The molecule has 23 heavy (non-hydrogen) atoms. The molecule has 6 heteroatoms. The highest BCUT2D eigenvalue weighted by Gasteiger charge is 2.40. The van der Waals surface area contributed by atoms with Crippen molar-refractivity contribution in [3.63, 3.8) is 0 Å². The standard InChI is InChI=1S/C17H23N5O/c1-11-12(2)19-20-17(14(11)10-18)22-9-5-7-16(22)15-6-4-8-21(15)13(3)23/h15-16H,4-9H2,1-3H3/t15-,16-/m0/s1. The van der Waals surface area contributed by atoms with Gasteiger partial charge in [-0.15, -0.1) is 5.10 Å². The van der Waals surface area contributed by atoms with E-state index in [-0.39, 0.29) is 18.0 Å². The Bertz CT molecular complexity index is 666. The number of aryl methyl sites for hydroxylation is 1. The first-order chi connectivity index (χ1) is 11.0. The van der Waals surface area contributed by atoms with E-state index in [0.717, 1.165) is 50.0 Å². The van der Waals surface area contributed by atoms with Crippen LogP contribution in [0.1, 0.15) is 49.4 Å². The van der Waals surface area contributed by atoms with Crippen molar-refractivity contribution in [3.05, 3.63) is 16.8 Å². The number of carbonyl (C=O) groups is 1. The minimum absolute atomic E-state index is 0.144. The maximum absolute atomic E-state index is 11.9. The van der Waals surface area contributed by atoms with Crippen molar-refractivity contribution < 1.29 is 4.79 Å². The van der Waals surface area contributed by atoms with Crippen LogP contribution >= 0.6 is 0 Å². The van der Waals surface area contributed by atoms with Crippen LogP contribution in [0, 0.1) is 25.2 Å². The van der Waals surface area contributed by atoms with E-state index in [9.17, 15) is 10.1 Å². The second kappa shape index (κ2) is 6.15. The number of anilines is 1. The number of amides is 1. The van der Waals surface area contributed by atoms with Crippen LogP contribution in [0.4, 0.5) is 5.82 Å². The van der Waals surface area contributed by atoms with Gasteiger partial charge >= 0.3 is 0 Å². The summed E-state index contributed by atoms with van der Waals surface area (Å²) in [5, 5.41) is 18.1. The summed E-state index contributed by atoms with van der Waals surface area (Å²) in [6, 6.07) is 2.77. The van der Waals surface area contributed by atoms with Gasteiger partial charge in [-0.3, -0.25) is 4.79 Å². The van der Waals surface area contributed by atoms with Gasteiger partial charge in [0.05, 0.1) is 17.8 Å². The van der Waals surface area contributed by atoms with E-state index in [2.05, 4.69) is 21.2 Å². The number of hydrogen-bond donors (Lipinski definition) is 0. The number of hydrogen-bond acceptors (Lipinski definition) is 5. The Morgan fingerprint density at radius 1 is 1.17 bits per heavy atom. The third-order valence-corrected chi connectivity index (χ3v) is 5.27. The van der Waals surface area contributed by atoms with E-state index in [4.69, 9.17) is 0 Å². The summed E-state index contributed by atoms with van der Waals surface area (Å²) in [5.74, 6) is 0.833. The molecule has 0 aromatic carbocycles. The zero-order chi connectivity index (χ0) is 16.6. The molecule has 3 rings (SSSR count). The van der Waals surface area contributed by atoms with Crippen LogP contribution in [0.15, 0.2) is 0 Å². The molecule has 1 amide bonds. The number of carbonyl (C=O) groups excluding carboxylic acids is 1. The normalized spacial score (nSPS) is 24.1. The van der Waals surface area contributed by atoms with Gasteiger partial charge in [-0.25, -0.2) is 0 Å². The molecule has 3 heterocycles. The second-order valence-corrected chi connectivity index (χ2v) is 6.55. The summed E-state index contributed by atoms with van der Waals surface area (Å²) in [6.45, 7) is 7.17. The molecule has 2 atom stereocenters. The summed E-state index contributed by atoms with van der Waals surface area (Å²) >= 11 is 0. The van der Waals surface area contributed by atoms with E-state index in [1.54, 1.807) is 6.92 Å². The van der Waals surface area contributed by atoms with Crippen molar-refractivity contribution in [1.29, 1.82) is 5.26 Å². The van der Waals surface area contributed by atoms with Gasteiger partial charge < -0.3 is 9.80 Å². The number of nitrogens with zero attached hydrogens (tertiary/aromatic N) is 5. The molecular weight excluding hydrogens is 290 g/mol. The molecule has 0 aliphatic carbocycles. The molecule has 1 aromatic rings. The largest absolute Gasteiger partial charge is 0.349 e. The molecule has 0 bridgehead atoms. The maximum atomic E-state index is 11.9. The van der Waals surface area contributed by atoms with E-state index >= 15 is 0 Å². The van der Waals surface area contributed by atoms with Crippen LogP contribution in [0.25, 0.3) is 0 Å². The van der Waals surface area contributed by atoms with Crippen molar-refractivity contribution in [1.82, 2.24) is 15.1 Å². The summed E-state index contributed by atoms with van der Waals surface area (Å²) in [4.78, 5) is 16.1. The molecule has 2 aliphatic rings. The SMILES string of the molecule is CC(=O)N1CCC[C@H]1[C@@H]1CCCN1c1nnc(C)c(C)c1C#N. The molecule has 0 spiro atoms. The lowest BCUT2D eigenvalue weighted by Crippen LogP contribution is -2.48. The molecule has 122 valence electrons. The quantitative estimate of drug-likeness (QED) is 0.834. The fourth-order valence-electron chi connectivity index (χ4n) is 3.97. The number of nitriles is 1. The van der Waals surface area contributed by atoms with Crippen LogP contribution < -0.4 is 4.90 Å². The summed E-state index contributed by atoms with van der Waals surface area (Å²) < 4.78 is 0. The minimum Gasteiger partial charge on any atom is -0.349 e. The molecule has 2 fully saturated rings. The summed E-state index contributed by atoms with van der Waals surface area (Å²) in [6.07, 6.45) is 4.18. The van der Waals surface area contributed by atoms with Gasteiger partial charge in [0.2, 0.25) is 5.91 Å². The first-order valence-corrected chi connectivity index (χ1v) is 8.32. The van der Waals surface area contributed by atoms with Gasteiger partial charge in [0.25, 0.3) is 0 Å². The van der Waals surface area contributed by atoms with Crippen molar-refractivity contribution in [2.24, 2.45) is 0 Å². The van der Waals surface area contributed by atoms with Crippen molar-refractivity contribution >= 4 is 11.7 Å². The summed E-state index contributed by atoms with van der Waals surface area (Å²) in [7, 11) is 0. The van der Waals surface area contributed by atoms with Crippen molar-refractivity contribution in [3.8, 4) is 6.07 Å². The highest BCUT2D eigenvalue weighted by molar-refractivity contribution is 5.74. The monoisotopic (exact) mass is 313 g/mol. The Kier molecular flexibility index (Phi) is 4.20. The molecule has 6 nitrogen and oxygen atoms in total. The van der Waals surface area contributed by atoms with Crippen LogP contribution in [-0.4, -0.2) is 46.2 Å². The maximum Gasteiger partial charge on any atom is 0.219 e. The van der Waals surface area contributed by atoms with Crippen LogP contribution in [0.5, 0.6) is 0 Å². The molecule has 2 saturated heterocycles. The lowest BCUT2D eigenvalue weighted by molar-refractivity contribution is -0.129. The van der Waals surface area contributed by atoms with Gasteiger partial charge in [-0.1, -0.05) is 0 Å². The average molecular weight is 313 g/mol. The highest BCUT2D eigenvalue weighted by Crippen LogP contribution is 2.34. The Labute approximate surface area is 137 Å². The average Bonchev–Trinajstić information content (AvgIpc) is 3.17. The number of rotatable bonds is 2. The third-order valence-electron chi connectivity index (χ3n) is 5.27. The lowest BCUT2D eigenvalue weighted by Gasteiger charge is -2.35. The van der Waals surface area contributed by atoms with E-state index < -0.39 is 0 Å². The Morgan fingerprint density at radius 2 is 1.87 bits per heavy atom. The number of likely N-dealkylation sites (tertiary alicyclic amines) is 1. The van der Waals surface area contributed by atoms with Gasteiger partial charge in [0, 0.05) is 20.0 Å². The van der Waals surface area contributed by atoms with E-state index in [0.29, 0.717) is 11.4 Å². The van der Waals surface area contributed by atoms with Gasteiger partial charge in [0.15, 0.2) is 5.82 Å². The second-order valence-electron chi connectivity index (χ2n) is 6.55.